The molecular formula is C21H23N3O. The first-order valence-electron chi connectivity index (χ1n) is 9.35. The molecule has 1 unspecified atom stereocenters. The SMILES string of the molecule is O=C1c2ccccc2NC(c2ccccc2N2CCCC2)N1C1CC1. The van der Waals surface area contributed by atoms with Gasteiger partial charge in [-0.15, -0.1) is 0 Å². The summed E-state index contributed by atoms with van der Waals surface area (Å²) < 4.78 is 0. The van der Waals surface area contributed by atoms with Crippen LogP contribution in [-0.4, -0.2) is 29.9 Å². The number of nitrogens with one attached hydrogen (secondary N) is 1. The molecule has 0 bridgehead atoms. The fourth-order valence-electron chi connectivity index (χ4n) is 4.19. The number of anilines is 2. The highest BCUT2D eigenvalue weighted by molar-refractivity contribution is 6.02. The summed E-state index contributed by atoms with van der Waals surface area (Å²) in [4.78, 5) is 17.7. The zero-order valence-corrected chi connectivity index (χ0v) is 14.3. The highest BCUT2D eigenvalue weighted by Crippen LogP contribution is 2.43. The van der Waals surface area contributed by atoms with Gasteiger partial charge in [0.25, 0.3) is 5.91 Å². The number of carbonyl (C=O) groups is 1. The van der Waals surface area contributed by atoms with E-state index < -0.39 is 0 Å². The number of benzene rings is 2. The molecule has 1 aliphatic carbocycles. The fraction of sp³-hybridized carbons (Fsp3) is 0.381. The van der Waals surface area contributed by atoms with E-state index in [1.165, 1.54) is 24.1 Å². The molecule has 0 aromatic heterocycles. The molecule has 0 radical (unpaired) electrons. The van der Waals surface area contributed by atoms with Gasteiger partial charge in [0.15, 0.2) is 0 Å². The van der Waals surface area contributed by atoms with Crippen LogP contribution >= 0.6 is 0 Å². The van der Waals surface area contributed by atoms with Crippen molar-refractivity contribution in [1.29, 1.82) is 0 Å². The monoisotopic (exact) mass is 333 g/mol. The van der Waals surface area contributed by atoms with Crippen molar-refractivity contribution in [3.8, 4) is 0 Å². The van der Waals surface area contributed by atoms with E-state index in [1.54, 1.807) is 0 Å². The van der Waals surface area contributed by atoms with Gasteiger partial charge < -0.3 is 15.1 Å². The van der Waals surface area contributed by atoms with Crippen molar-refractivity contribution in [2.24, 2.45) is 0 Å². The molecule has 4 heteroatoms. The number of rotatable bonds is 3. The Labute approximate surface area is 148 Å². The Morgan fingerprint density at radius 2 is 1.64 bits per heavy atom. The first kappa shape index (κ1) is 14.8. The predicted octanol–water partition coefficient (Wildman–Crippen LogP) is 4.02. The van der Waals surface area contributed by atoms with Crippen molar-refractivity contribution in [1.82, 2.24) is 4.90 Å². The Kier molecular flexibility index (Phi) is 3.44. The van der Waals surface area contributed by atoms with Crippen LogP contribution in [0.2, 0.25) is 0 Å². The van der Waals surface area contributed by atoms with Crippen molar-refractivity contribution in [2.75, 3.05) is 23.3 Å². The summed E-state index contributed by atoms with van der Waals surface area (Å²) in [5.74, 6) is 0.165. The molecule has 1 saturated carbocycles. The van der Waals surface area contributed by atoms with E-state index in [-0.39, 0.29) is 12.1 Å². The van der Waals surface area contributed by atoms with Crippen molar-refractivity contribution in [2.45, 2.75) is 37.9 Å². The topological polar surface area (TPSA) is 35.6 Å². The number of amides is 1. The van der Waals surface area contributed by atoms with Gasteiger partial charge in [-0.05, 0) is 43.9 Å². The number of hydrogen-bond acceptors (Lipinski definition) is 3. The average Bonchev–Trinajstić information content (AvgIpc) is 3.34. The Morgan fingerprint density at radius 1 is 0.920 bits per heavy atom. The molecule has 2 heterocycles. The van der Waals surface area contributed by atoms with E-state index in [4.69, 9.17) is 0 Å². The van der Waals surface area contributed by atoms with Gasteiger partial charge in [0, 0.05) is 36.1 Å². The van der Waals surface area contributed by atoms with Gasteiger partial charge in [0.2, 0.25) is 0 Å². The first-order valence-corrected chi connectivity index (χ1v) is 9.35. The van der Waals surface area contributed by atoms with E-state index in [9.17, 15) is 4.79 Å². The zero-order valence-electron chi connectivity index (χ0n) is 14.3. The van der Waals surface area contributed by atoms with Crippen LogP contribution in [0.5, 0.6) is 0 Å². The highest BCUT2D eigenvalue weighted by atomic mass is 16.2. The molecule has 5 rings (SSSR count). The van der Waals surface area contributed by atoms with Gasteiger partial charge in [-0.1, -0.05) is 30.3 Å². The van der Waals surface area contributed by atoms with Gasteiger partial charge in [-0.2, -0.15) is 0 Å². The number of nitrogens with zero attached hydrogens (tertiary/aromatic N) is 2. The molecule has 2 aliphatic heterocycles. The van der Waals surface area contributed by atoms with Crippen LogP contribution < -0.4 is 10.2 Å². The van der Waals surface area contributed by atoms with Gasteiger partial charge in [-0.25, -0.2) is 0 Å². The number of carbonyl (C=O) groups excluding carboxylic acids is 1. The second kappa shape index (κ2) is 5.80. The maximum Gasteiger partial charge on any atom is 0.258 e. The molecule has 2 aromatic carbocycles. The molecule has 4 nitrogen and oxygen atoms in total. The molecule has 1 atom stereocenters. The second-order valence-electron chi connectivity index (χ2n) is 7.29. The second-order valence-corrected chi connectivity index (χ2v) is 7.29. The Bertz CT molecular complexity index is 808. The molecular weight excluding hydrogens is 310 g/mol. The average molecular weight is 333 g/mol. The third-order valence-corrected chi connectivity index (χ3v) is 5.58. The van der Waals surface area contributed by atoms with E-state index in [0.717, 1.165) is 37.2 Å². The van der Waals surface area contributed by atoms with Gasteiger partial charge in [-0.3, -0.25) is 4.79 Å². The van der Waals surface area contributed by atoms with Crippen molar-refractivity contribution in [3.63, 3.8) is 0 Å². The summed E-state index contributed by atoms with van der Waals surface area (Å²) in [6.45, 7) is 2.22. The lowest BCUT2D eigenvalue weighted by Gasteiger charge is -2.40. The largest absolute Gasteiger partial charge is 0.371 e. The lowest BCUT2D eigenvalue weighted by Crippen LogP contribution is -2.44. The van der Waals surface area contributed by atoms with Crippen LogP contribution in [0.25, 0.3) is 0 Å². The number of hydrogen-bond donors (Lipinski definition) is 1. The lowest BCUT2D eigenvalue weighted by molar-refractivity contribution is 0.0667. The summed E-state index contributed by atoms with van der Waals surface area (Å²) in [7, 11) is 0. The normalized spacial score (nSPS) is 22.7. The van der Waals surface area contributed by atoms with Crippen LogP contribution in [-0.2, 0) is 0 Å². The number of fused-ring (bicyclic) bond motifs is 1. The molecule has 128 valence electrons. The first-order chi connectivity index (χ1) is 12.3. The van der Waals surface area contributed by atoms with Gasteiger partial charge in [0.1, 0.15) is 6.17 Å². The Hall–Kier alpha value is -2.49. The summed E-state index contributed by atoms with van der Waals surface area (Å²) in [5.41, 5.74) is 4.24. The van der Waals surface area contributed by atoms with Crippen LogP contribution in [0.4, 0.5) is 11.4 Å². The molecule has 2 fully saturated rings. The minimum absolute atomic E-state index is 0.0771. The third-order valence-electron chi connectivity index (χ3n) is 5.58. The van der Waals surface area contributed by atoms with Gasteiger partial charge >= 0.3 is 0 Å². The highest BCUT2D eigenvalue weighted by Gasteiger charge is 2.42. The fourth-order valence-corrected chi connectivity index (χ4v) is 4.19. The maximum absolute atomic E-state index is 13.2. The zero-order chi connectivity index (χ0) is 16.8. The third kappa shape index (κ3) is 2.48. The molecule has 1 amide bonds. The van der Waals surface area contributed by atoms with Crippen LogP contribution in [0.3, 0.4) is 0 Å². The molecule has 0 spiro atoms. The van der Waals surface area contributed by atoms with Crippen molar-refractivity contribution >= 4 is 17.3 Å². The Morgan fingerprint density at radius 3 is 2.44 bits per heavy atom. The van der Waals surface area contributed by atoms with Crippen molar-refractivity contribution < 1.29 is 4.79 Å². The number of para-hydroxylation sites is 2. The smallest absolute Gasteiger partial charge is 0.258 e. The summed E-state index contributed by atoms with van der Waals surface area (Å²) in [5, 5.41) is 3.66. The molecule has 3 aliphatic rings. The molecule has 1 saturated heterocycles. The van der Waals surface area contributed by atoms with E-state index in [1.807, 2.05) is 24.3 Å². The summed E-state index contributed by atoms with van der Waals surface area (Å²) in [6.07, 6.45) is 4.64. The lowest BCUT2D eigenvalue weighted by atomic mass is 10.0. The van der Waals surface area contributed by atoms with Crippen LogP contribution in [0, 0.1) is 0 Å². The van der Waals surface area contributed by atoms with E-state index in [0.29, 0.717) is 6.04 Å². The summed E-state index contributed by atoms with van der Waals surface area (Å²) in [6, 6.07) is 16.8. The predicted molar refractivity (Wildman–Crippen MR) is 99.9 cm³/mol. The van der Waals surface area contributed by atoms with Crippen LogP contribution in [0.1, 0.15) is 47.8 Å². The van der Waals surface area contributed by atoms with Crippen LogP contribution in [0.15, 0.2) is 48.5 Å². The van der Waals surface area contributed by atoms with Crippen molar-refractivity contribution in [3.05, 3.63) is 59.7 Å². The molecule has 1 N–H and O–H groups in total. The van der Waals surface area contributed by atoms with Gasteiger partial charge in [0.05, 0.1) is 5.56 Å². The standard InChI is InChI=1S/C21H23N3O/c25-21-16-7-1-3-9-18(16)22-20(24(21)15-11-12-15)17-8-2-4-10-19(17)23-13-5-6-14-23/h1-4,7-10,15,20,22H,5-6,11-14H2. The minimum Gasteiger partial charge on any atom is -0.371 e. The molecule has 25 heavy (non-hydrogen) atoms. The quantitative estimate of drug-likeness (QED) is 0.921. The maximum atomic E-state index is 13.2. The minimum atomic E-state index is -0.0771. The Balaban J connectivity index is 1.60. The van der Waals surface area contributed by atoms with E-state index >= 15 is 0 Å². The molecule has 2 aromatic rings. The summed E-state index contributed by atoms with van der Waals surface area (Å²) >= 11 is 0. The van der Waals surface area contributed by atoms with E-state index in [2.05, 4.69) is 39.4 Å².